The fourth-order valence-corrected chi connectivity index (χ4v) is 0.364. The minimum Gasteiger partial charge on any atom is -0.463 e. The van der Waals surface area contributed by atoms with Gasteiger partial charge in [-0.3, -0.25) is 4.79 Å². The zero-order valence-electron chi connectivity index (χ0n) is 5.25. The largest absolute Gasteiger partial charge is 0.463 e. The first-order valence-corrected chi connectivity index (χ1v) is 3.11. The number of hydrogen-bond donors (Lipinski definition) is 0. The molecule has 0 bridgehead atoms. The molecule has 0 saturated heterocycles. The second-order valence-electron chi connectivity index (χ2n) is 1.36. The second kappa shape index (κ2) is 5.91. The summed E-state index contributed by atoms with van der Waals surface area (Å²) in [6.45, 7) is 0.729. The van der Waals surface area contributed by atoms with E-state index in [1.54, 1.807) is 7.11 Å². The molecule has 0 atom stereocenters. The normalized spacial score (nSPS) is 9.11. The molecule has 0 aromatic rings. The summed E-state index contributed by atoms with van der Waals surface area (Å²) in [6.07, 6.45) is 0. The molecular weight excluding hydrogens is 140 g/mol. The van der Waals surface area contributed by atoms with Crippen LogP contribution < -0.4 is 0 Å². The Balaban J connectivity index is 2.97. The van der Waals surface area contributed by atoms with Crippen LogP contribution in [0.15, 0.2) is 0 Å². The summed E-state index contributed by atoms with van der Waals surface area (Å²) >= 11 is 4.41. The van der Waals surface area contributed by atoms with E-state index in [9.17, 15) is 4.79 Å². The predicted octanol–water partition coefficient (Wildman–Crippen LogP) is 0.374. The van der Waals surface area contributed by atoms with Gasteiger partial charge < -0.3 is 9.47 Å². The van der Waals surface area contributed by atoms with Gasteiger partial charge in [0.1, 0.15) is 12.4 Å². The second-order valence-corrected chi connectivity index (χ2v) is 1.65. The Kier molecular flexibility index (Phi) is 5.76. The van der Waals surface area contributed by atoms with Crippen LogP contribution in [-0.2, 0) is 14.3 Å². The molecule has 3 nitrogen and oxygen atoms in total. The number of carbonyl (C=O) groups excluding carboxylic acids is 1. The van der Waals surface area contributed by atoms with Gasteiger partial charge in [0.25, 0.3) is 0 Å². The fraction of sp³-hybridized carbons (Fsp3) is 0.800. The van der Waals surface area contributed by atoms with Gasteiger partial charge in [-0.15, -0.1) is 0 Å². The summed E-state index contributed by atoms with van der Waals surface area (Å²) in [5, 5.41) is 0. The highest BCUT2D eigenvalue weighted by molar-refractivity contribution is 7.81. The van der Waals surface area contributed by atoms with Crippen LogP contribution >= 0.6 is 12.6 Å². The minimum absolute atomic E-state index is 0.0176. The maximum atomic E-state index is 10.3. The highest BCUT2D eigenvalue weighted by Crippen LogP contribution is 1.81. The van der Waals surface area contributed by atoms with Gasteiger partial charge in [0.15, 0.2) is 0 Å². The Morgan fingerprint density at radius 1 is 1.56 bits per heavy atom. The number of esters is 1. The van der Waals surface area contributed by atoms with Gasteiger partial charge in [0, 0.05) is 7.11 Å². The van der Waals surface area contributed by atoms with E-state index >= 15 is 0 Å². The number of rotatable bonds is 4. The lowest BCUT2D eigenvalue weighted by Gasteiger charge is -1.99. The Hall–Kier alpha value is -0.220. The molecule has 4 heteroatoms. The molecule has 0 rings (SSSR count). The summed E-state index contributed by atoms with van der Waals surface area (Å²) in [7, 11) is 1.54. The summed E-state index contributed by atoms with van der Waals surface area (Å²) in [5.41, 5.74) is 0. The van der Waals surface area contributed by atoms with Gasteiger partial charge >= 0.3 is 5.97 Å². The minimum atomic E-state index is -0.359. The van der Waals surface area contributed by atoms with Crippen LogP contribution in [-0.4, -0.2) is 32.0 Å². The predicted molar refractivity (Wildman–Crippen MR) is 35.3 cm³/mol. The average molecular weight is 149 g/mol. The van der Waals surface area contributed by atoms with Crippen LogP contribution in [0.1, 0.15) is 0 Å². The van der Waals surface area contributed by atoms with Crippen LogP contribution in [0, 0.1) is 0 Å². The van der Waals surface area contributed by atoms with Crippen LogP contribution in [0.4, 0.5) is 0 Å². The summed E-state index contributed by atoms with van der Waals surface area (Å²) < 4.78 is 9.19. The molecular formula is C5H9O3S. The third kappa shape index (κ3) is 5.65. The molecule has 0 amide bonds. The quantitative estimate of drug-likeness (QED) is 0.428. The zero-order chi connectivity index (χ0) is 7.11. The molecule has 0 aliphatic heterocycles. The molecule has 1 radical (unpaired) electrons. The molecule has 53 valence electrons. The molecule has 0 fully saturated rings. The molecule has 0 aromatic carbocycles. The van der Waals surface area contributed by atoms with Crippen LogP contribution in [0.25, 0.3) is 0 Å². The zero-order valence-corrected chi connectivity index (χ0v) is 6.07. The van der Waals surface area contributed by atoms with Gasteiger partial charge in [0.05, 0.1) is 6.61 Å². The number of carbonyl (C=O) groups is 1. The topological polar surface area (TPSA) is 35.5 Å². The van der Waals surface area contributed by atoms with Crippen molar-refractivity contribution in [1.29, 1.82) is 0 Å². The molecule has 0 aliphatic carbocycles. The van der Waals surface area contributed by atoms with Gasteiger partial charge in [-0.2, -0.15) is 0 Å². The third-order valence-corrected chi connectivity index (χ3v) is 0.904. The van der Waals surface area contributed by atoms with E-state index in [1.165, 1.54) is 0 Å². The van der Waals surface area contributed by atoms with E-state index in [4.69, 9.17) is 0 Å². The van der Waals surface area contributed by atoms with Crippen LogP contribution in [0.2, 0.25) is 0 Å². The number of hydrogen-bond acceptors (Lipinski definition) is 3. The average Bonchev–Trinajstić information content (AvgIpc) is 1.89. The maximum absolute atomic E-state index is 10.3. The van der Waals surface area contributed by atoms with Crippen LogP contribution in [0.3, 0.4) is 0 Å². The third-order valence-electron chi connectivity index (χ3n) is 0.668. The van der Waals surface area contributed by atoms with Crippen LogP contribution in [0.5, 0.6) is 0 Å². The first-order chi connectivity index (χ1) is 4.31. The summed E-state index contributed by atoms with van der Waals surface area (Å²) in [4.78, 5) is 10.3. The Labute approximate surface area is 59.7 Å². The van der Waals surface area contributed by atoms with E-state index in [1.807, 2.05) is 0 Å². The lowest BCUT2D eigenvalue weighted by molar-refractivity contribution is -0.141. The van der Waals surface area contributed by atoms with Crippen molar-refractivity contribution in [2.24, 2.45) is 0 Å². The van der Waals surface area contributed by atoms with E-state index in [-0.39, 0.29) is 11.7 Å². The van der Waals surface area contributed by atoms with Crippen molar-refractivity contribution >= 4 is 18.6 Å². The van der Waals surface area contributed by atoms with E-state index in [2.05, 4.69) is 22.1 Å². The first kappa shape index (κ1) is 8.78. The summed E-state index contributed by atoms with van der Waals surface area (Å²) in [6, 6.07) is 0. The highest BCUT2D eigenvalue weighted by Gasteiger charge is 1.96. The first-order valence-electron chi connectivity index (χ1n) is 2.54. The van der Waals surface area contributed by atoms with E-state index in [0.717, 1.165) is 0 Å². The highest BCUT2D eigenvalue weighted by atomic mass is 32.1. The van der Waals surface area contributed by atoms with Crippen molar-refractivity contribution in [1.82, 2.24) is 0 Å². The van der Waals surface area contributed by atoms with Gasteiger partial charge in [-0.05, 0) is 0 Å². The molecule has 0 aromatic heterocycles. The molecule has 0 unspecified atom stereocenters. The van der Waals surface area contributed by atoms with Crippen molar-refractivity contribution in [3.05, 3.63) is 0 Å². The van der Waals surface area contributed by atoms with Crippen molar-refractivity contribution in [3.8, 4) is 0 Å². The molecule has 0 spiro atoms. The standard InChI is InChI=1S/C5H9O3S/c1-7-2-3-8-5(6)4-9/h2-4H2,1H3. The lowest BCUT2D eigenvalue weighted by atomic mass is 10.7. The van der Waals surface area contributed by atoms with Gasteiger partial charge in [0.2, 0.25) is 0 Å². The monoisotopic (exact) mass is 149 g/mol. The molecule has 0 N–H and O–H groups in total. The van der Waals surface area contributed by atoms with Crippen molar-refractivity contribution in [2.45, 2.75) is 0 Å². The fourth-order valence-electron chi connectivity index (χ4n) is 0.281. The Bertz CT molecular complexity index is 84.3. The number of ether oxygens (including phenoxy) is 2. The molecule has 9 heavy (non-hydrogen) atoms. The van der Waals surface area contributed by atoms with Gasteiger partial charge in [-0.25, -0.2) is 0 Å². The van der Waals surface area contributed by atoms with Gasteiger partial charge in [-0.1, -0.05) is 12.6 Å². The molecule has 0 saturated carbocycles. The van der Waals surface area contributed by atoms with E-state index in [0.29, 0.717) is 13.2 Å². The van der Waals surface area contributed by atoms with Crippen molar-refractivity contribution < 1.29 is 14.3 Å². The van der Waals surface area contributed by atoms with E-state index < -0.39 is 0 Å². The van der Waals surface area contributed by atoms with Crippen molar-refractivity contribution in [3.63, 3.8) is 0 Å². The Morgan fingerprint density at radius 3 is 2.67 bits per heavy atom. The Morgan fingerprint density at radius 2 is 2.22 bits per heavy atom. The maximum Gasteiger partial charge on any atom is 0.316 e. The van der Waals surface area contributed by atoms with Crippen molar-refractivity contribution in [2.75, 3.05) is 26.1 Å². The molecule has 0 aliphatic rings. The SMILES string of the molecule is COCCOC(=O)C[S]. The summed E-state index contributed by atoms with van der Waals surface area (Å²) in [5.74, 6) is -0.342. The molecule has 0 heterocycles. The smallest absolute Gasteiger partial charge is 0.316 e. The number of methoxy groups -OCH3 is 1. The lowest BCUT2D eigenvalue weighted by Crippen LogP contribution is -2.10.